The molecule has 18 heavy (non-hydrogen) atoms. The molecule has 1 aromatic carbocycles. The van der Waals surface area contributed by atoms with Gasteiger partial charge in [-0.2, -0.15) is 0 Å². The second-order valence-corrected chi connectivity index (χ2v) is 3.63. The minimum Gasteiger partial charge on any atom is -0.493 e. The molecule has 0 fully saturated rings. The maximum Gasteiger partial charge on any atom is 0.325 e. The van der Waals surface area contributed by atoms with E-state index in [0.717, 1.165) is 0 Å². The third-order valence-corrected chi connectivity index (χ3v) is 2.54. The van der Waals surface area contributed by atoms with Crippen LogP contribution in [0.25, 0.3) is 10.9 Å². The van der Waals surface area contributed by atoms with Crippen molar-refractivity contribution in [2.75, 3.05) is 14.2 Å². The van der Waals surface area contributed by atoms with Crippen molar-refractivity contribution in [2.24, 2.45) is 0 Å². The zero-order valence-corrected chi connectivity index (χ0v) is 10.3. The molecule has 0 N–H and O–H groups in total. The van der Waals surface area contributed by atoms with E-state index in [4.69, 9.17) is 21.1 Å². The molecule has 0 radical (unpaired) electrons. The normalized spacial score (nSPS) is 10.4. The minimum absolute atomic E-state index is 0.00372. The van der Waals surface area contributed by atoms with Gasteiger partial charge in [-0.1, -0.05) is 0 Å². The Kier molecular flexibility index (Phi) is 3.15. The van der Waals surface area contributed by atoms with Crippen molar-refractivity contribution in [1.29, 1.82) is 0 Å². The molecule has 0 bridgehead atoms. The van der Waals surface area contributed by atoms with Crippen LogP contribution in [0.4, 0.5) is 5.69 Å². The van der Waals surface area contributed by atoms with E-state index in [-0.39, 0.29) is 27.9 Å². The van der Waals surface area contributed by atoms with Crippen molar-refractivity contribution >= 4 is 28.2 Å². The van der Waals surface area contributed by atoms with Gasteiger partial charge in [0.2, 0.25) is 11.0 Å². The summed E-state index contributed by atoms with van der Waals surface area (Å²) in [5.74, 6) is 0.243. The molecule has 0 atom stereocenters. The Balaban J connectivity index is 2.91. The first kappa shape index (κ1) is 12.3. The van der Waals surface area contributed by atoms with E-state index < -0.39 is 4.92 Å². The molecule has 0 unspecified atom stereocenters. The van der Waals surface area contributed by atoms with Crippen molar-refractivity contribution < 1.29 is 14.4 Å². The number of hydrogen-bond acceptors (Lipinski definition) is 6. The van der Waals surface area contributed by atoms with Crippen molar-refractivity contribution in [3.05, 3.63) is 27.7 Å². The summed E-state index contributed by atoms with van der Waals surface area (Å²) in [6.45, 7) is 0. The van der Waals surface area contributed by atoms with Gasteiger partial charge in [-0.15, -0.1) is 0 Å². The molecule has 94 valence electrons. The Morgan fingerprint density at radius 3 is 2.67 bits per heavy atom. The van der Waals surface area contributed by atoms with Gasteiger partial charge >= 0.3 is 5.69 Å². The molecule has 0 aliphatic rings. The number of nitro groups is 1. The highest BCUT2D eigenvalue weighted by Crippen LogP contribution is 2.42. The molecule has 0 spiro atoms. The van der Waals surface area contributed by atoms with E-state index in [9.17, 15) is 10.1 Å². The van der Waals surface area contributed by atoms with Gasteiger partial charge in [-0.25, -0.2) is 9.97 Å². The number of benzene rings is 1. The Labute approximate surface area is 106 Å². The van der Waals surface area contributed by atoms with Crippen LogP contribution >= 0.6 is 11.6 Å². The zero-order valence-electron chi connectivity index (χ0n) is 9.51. The van der Waals surface area contributed by atoms with Crippen LogP contribution in [0.5, 0.6) is 11.5 Å². The lowest BCUT2D eigenvalue weighted by molar-refractivity contribution is -0.384. The second-order valence-electron chi connectivity index (χ2n) is 3.29. The number of hydrogen-bond donors (Lipinski definition) is 0. The lowest BCUT2D eigenvalue weighted by Gasteiger charge is -2.09. The summed E-state index contributed by atoms with van der Waals surface area (Å²) >= 11 is 5.66. The molecule has 0 saturated heterocycles. The Hall–Kier alpha value is -2.15. The van der Waals surface area contributed by atoms with Crippen molar-refractivity contribution in [2.45, 2.75) is 0 Å². The molecule has 2 rings (SSSR count). The van der Waals surface area contributed by atoms with Gasteiger partial charge in [-0.05, 0) is 11.6 Å². The highest BCUT2D eigenvalue weighted by Gasteiger charge is 2.25. The minimum atomic E-state index is -0.569. The first-order chi connectivity index (χ1) is 8.58. The fourth-order valence-corrected chi connectivity index (χ4v) is 1.76. The van der Waals surface area contributed by atoms with Crippen molar-refractivity contribution in [1.82, 2.24) is 9.97 Å². The van der Waals surface area contributed by atoms with E-state index in [1.807, 2.05) is 0 Å². The van der Waals surface area contributed by atoms with Gasteiger partial charge in [0, 0.05) is 12.3 Å². The largest absolute Gasteiger partial charge is 0.493 e. The van der Waals surface area contributed by atoms with E-state index in [0.29, 0.717) is 5.52 Å². The first-order valence-electron chi connectivity index (χ1n) is 4.80. The fourth-order valence-electron chi connectivity index (χ4n) is 1.62. The Morgan fingerprint density at radius 2 is 2.11 bits per heavy atom. The topological polar surface area (TPSA) is 87.4 Å². The van der Waals surface area contributed by atoms with Gasteiger partial charge in [0.15, 0.2) is 5.75 Å². The molecule has 2 aromatic rings. The van der Waals surface area contributed by atoms with Gasteiger partial charge in [0.1, 0.15) is 5.39 Å². The molecule has 0 aliphatic heterocycles. The molecule has 8 heteroatoms. The van der Waals surface area contributed by atoms with Gasteiger partial charge < -0.3 is 9.47 Å². The summed E-state index contributed by atoms with van der Waals surface area (Å²) in [4.78, 5) is 18.2. The number of nitro benzene ring substituents is 1. The molecule has 0 amide bonds. The number of aromatic nitrogens is 2. The maximum absolute atomic E-state index is 11.1. The molecule has 1 heterocycles. The SMILES string of the molecule is COc1cc2nc(Cl)ncc2c([N+](=O)[O-])c1OC. The highest BCUT2D eigenvalue weighted by molar-refractivity contribution is 6.28. The predicted molar refractivity (Wildman–Crippen MR) is 64.3 cm³/mol. The standard InChI is InChI=1S/C10H8ClN3O4/c1-17-7-3-6-5(4-12-10(11)13-6)8(14(15)16)9(7)18-2/h3-4H,1-2H3. The Bertz CT molecular complexity index is 632. The summed E-state index contributed by atoms with van der Waals surface area (Å²) in [7, 11) is 2.71. The first-order valence-corrected chi connectivity index (χ1v) is 5.18. The van der Waals surface area contributed by atoms with Crippen LogP contribution in [0.1, 0.15) is 0 Å². The fraction of sp³-hybridized carbons (Fsp3) is 0.200. The molecule has 0 saturated carbocycles. The average Bonchev–Trinajstić information content (AvgIpc) is 2.35. The lowest BCUT2D eigenvalue weighted by atomic mass is 10.2. The number of ether oxygens (including phenoxy) is 2. The second kappa shape index (κ2) is 4.61. The van der Waals surface area contributed by atoms with E-state index in [1.54, 1.807) is 0 Å². The number of nitrogens with zero attached hydrogens (tertiary/aromatic N) is 3. The van der Waals surface area contributed by atoms with Crippen LogP contribution in [-0.4, -0.2) is 29.1 Å². The third kappa shape index (κ3) is 1.88. The van der Waals surface area contributed by atoms with E-state index in [1.165, 1.54) is 26.5 Å². The van der Waals surface area contributed by atoms with Crippen LogP contribution in [-0.2, 0) is 0 Å². The number of halogens is 1. The summed E-state index contributed by atoms with van der Waals surface area (Å²) in [6, 6.07) is 1.51. The number of methoxy groups -OCH3 is 2. The summed E-state index contributed by atoms with van der Waals surface area (Å²) in [5.41, 5.74) is 0.0721. The van der Waals surface area contributed by atoms with Crippen LogP contribution in [0, 0.1) is 10.1 Å². The molecule has 7 nitrogen and oxygen atoms in total. The smallest absolute Gasteiger partial charge is 0.325 e. The molecular formula is C10H8ClN3O4. The van der Waals surface area contributed by atoms with Crippen LogP contribution in [0.2, 0.25) is 5.28 Å². The zero-order chi connectivity index (χ0) is 13.3. The van der Waals surface area contributed by atoms with Gasteiger partial charge in [0.25, 0.3) is 0 Å². The van der Waals surface area contributed by atoms with E-state index in [2.05, 4.69) is 9.97 Å². The molecule has 0 aliphatic carbocycles. The summed E-state index contributed by atoms with van der Waals surface area (Å²) in [6.07, 6.45) is 1.28. The Morgan fingerprint density at radius 1 is 1.39 bits per heavy atom. The molecule has 1 aromatic heterocycles. The number of fused-ring (bicyclic) bond motifs is 1. The van der Waals surface area contributed by atoms with Crippen LogP contribution in [0.3, 0.4) is 0 Å². The molecular weight excluding hydrogens is 262 g/mol. The van der Waals surface area contributed by atoms with Gasteiger partial charge in [-0.3, -0.25) is 10.1 Å². The van der Waals surface area contributed by atoms with Crippen molar-refractivity contribution in [3.8, 4) is 11.5 Å². The van der Waals surface area contributed by atoms with E-state index >= 15 is 0 Å². The maximum atomic E-state index is 11.1. The third-order valence-electron chi connectivity index (χ3n) is 2.36. The number of rotatable bonds is 3. The quantitative estimate of drug-likeness (QED) is 0.482. The lowest BCUT2D eigenvalue weighted by Crippen LogP contribution is -1.99. The van der Waals surface area contributed by atoms with Crippen molar-refractivity contribution in [3.63, 3.8) is 0 Å². The highest BCUT2D eigenvalue weighted by atomic mass is 35.5. The monoisotopic (exact) mass is 269 g/mol. The van der Waals surface area contributed by atoms with Crippen LogP contribution in [0.15, 0.2) is 12.3 Å². The average molecular weight is 270 g/mol. The summed E-state index contributed by atoms with van der Waals surface area (Å²) < 4.78 is 10.1. The summed E-state index contributed by atoms with van der Waals surface area (Å²) in [5, 5.41) is 11.4. The predicted octanol–water partition coefficient (Wildman–Crippen LogP) is 2.21. The van der Waals surface area contributed by atoms with Gasteiger partial charge in [0.05, 0.1) is 24.7 Å². The van der Waals surface area contributed by atoms with Crippen LogP contribution < -0.4 is 9.47 Å².